The molecule has 0 aliphatic rings. The maximum absolute atomic E-state index is 13.4. The van der Waals surface area contributed by atoms with Crippen molar-refractivity contribution in [1.82, 2.24) is 0 Å². The third-order valence-electron chi connectivity index (χ3n) is 5.69. The van der Waals surface area contributed by atoms with Crippen LogP contribution in [0.2, 0.25) is 0 Å². The molecule has 0 saturated heterocycles. The number of rotatable bonds is 9. The predicted octanol–water partition coefficient (Wildman–Crippen LogP) is 6.31. The number of ether oxygens (including phenoxy) is 1. The molecule has 0 aliphatic heterocycles. The Morgan fingerprint density at radius 3 is 1.94 bits per heavy atom. The lowest BCUT2D eigenvalue weighted by Gasteiger charge is -2.24. The second-order valence-corrected chi connectivity index (χ2v) is 12.4. The number of esters is 1. The third-order valence-corrected chi connectivity index (χ3v) is 8.17. The van der Waals surface area contributed by atoms with Gasteiger partial charge in [-0.1, -0.05) is 106 Å². The van der Waals surface area contributed by atoms with Crippen LogP contribution < -0.4 is 15.9 Å². The number of carbonyl (C=O) groups is 2. The lowest BCUT2D eigenvalue weighted by molar-refractivity contribution is 0.0483. The number of hydrogen-bond acceptors (Lipinski definition) is 4. The average molecular weight is 502 g/mol. The van der Waals surface area contributed by atoms with E-state index in [4.69, 9.17) is 10.3 Å². The quantitative estimate of drug-likeness (QED) is 0.0859. The van der Waals surface area contributed by atoms with Crippen molar-refractivity contribution in [1.29, 1.82) is 0 Å². The van der Waals surface area contributed by atoms with Gasteiger partial charge in [0.25, 0.3) is 0 Å². The van der Waals surface area contributed by atoms with Crippen LogP contribution >= 0.6 is 7.92 Å². The van der Waals surface area contributed by atoms with Crippen LogP contribution in [0.5, 0.6) is 0 Å². The van der Waals surface area contributed by atoms with Crippen LogP contribution in [0.1, 0.15) is 61.8 Å². The Balaban J connectivity index is 2.11. The molecular weight excluding hydrogens is 469 g/mol. The van der Waals surface area contributed by atoms with E-state index in [0.717, 1.165) is 15.9 Å². The molecule has 3 rings (SSSR count). The van der Waals surface area contributed by atoms with E-state index >= 15 is 0 Å². The number of nitrogens with zero attached hydrogens (tertiary/aromatic N) is 3. The van der Waals surface area contributed by atoms with Crippen molar-refractivity contribution in [2.75, 3.05) is 6.61 Å². The van der Waals surface area contributed by atoms with Crippen molar-refractivity contribution in [2.45, 2.75) is 46.6 Å². The Labute approximate surface area is 214 Å². The third kappa shape index (κ3) is 6.81. The number of ketones is 1. The lowest BCUT2D eigenvalue weighted by atomic mass is 9.86. The fourth-order valence-corrected chi connectivity index (χ4v) is 6.16. The first-order valence-corrected chi connectivity index (χ1v) is 13.2. The van der Waals surface area contributed by atoms with E-state index in [9.17, 15) is 9.59 Å². The number of azide groups is 1. The molecule has 36 heavy (non-hydrogen) atoms. The van der Waals surface area contributed by atoms with E-state index in [2.05, 4.69) is 34.3 Å². The molecule has 0 spiro atoms. The van der Waals surface area contributed by atoms with Crippen molar-refractivity contribution < 1.29 is 14.3 Å². The van der Waals surface area contributed by atoms with Gasteiger partial charge < -0.3 is 4.74 Å². The molecule has 0 heterocycles. The molecule has 0 saturated carbocycles. The largest absolute Gasteiger partial charge is 0.462 e. The topological polar surface area (TPSA) is 92.1 Å². The molecule has 3 aromatic rings. The molecule has 0 aromatic heterocycles. The van der Waals surface area contributed by atoms with Crippen molar-refractivity contribution in [3.8, 4) is 0 Å². The van der Waals surface area contributed by atoms with Crippen LogP contribution in [0.25, 0.3) is 10.4 Å². The van der Waals surface area contributed by atoms with Crippen molar-refractivity contribution in [3.05, 3.63) is 100 Å². The number of hydrogen-bond donors (Lipinski definition) is 0. The van der Waals surface area contributed by atoms with Crippen LogP contribution in [0.3, 0.4) is 0 Å². The highest BCUT2D eigenvalue weighted by Gasteiger charge is 2.28. The fourth-order valence-electron chi connectivity index (χ4n) is 3.69. The van der Waals surface area contributed by atoms with Gasteiger partial charge in [-0.15, -0.1) is 0 Å². The average Bonchev–Trinajstić information content (AvgIpc) is 2.84. The van der Waals surface area contributed by atoms with Gasteiger partial charge in [0.2, 0.25) is 0 Å². The van der Waals surface area contributed by atoms with E-state index in [1.54, 1.807) is 26.0 Å². The molecule has 0 atom stereocenters. The summed E-state index contributed by atoms with van der Waals surface area (Å²) in [5.41, 5.74) is 8.53. The van der Waals surface area contributed by atoms with Crippen LogP contribution in [0.15, 0.2) is 84.0 Å². The highest BCUT2D eigenvalue weighted by atomic mass is 31.1. The van der Waals surface area contributed by atoms with Gasteiger partial charge in [0.05, 0.1) is 12.2 Å². The summed E-state index contributed by atoms with van der Waals surface area (Å²) in [4.78, 5) is 29.4. The molecule has 0 unspecified atom stereocenters. The van der Waals surface area contributed by atoms with E-state index < -0.39 is 24.8 Å². The molecule has 0 N–H and O–H groups in total. The minimum absolute atomic E-state index is 0.0101. The number of Topliss-reactive ketones (excluding diaryl/α,β-unsaturated/α-hetero) is 1. The number of carbonyl (C=O) groups excluding carboxylic acids is 2. The summed E-state index contributed by atoms with van der Waals surface area (Å²) in [6.07, 6.45) is 0.394. The molecule has 0 aliphatic carbocycles. The second-order valence-electron chi connectivity index (χ2n) is 10.2. The van der Waals surface area contributed by atoms with Crippen LogP contribution in [0.4, 0.5) is 0 Å². The Morgan fingerprint density at radius 2 is 1.44 bits per heavy atom. The zero-order valence-corrected chi connectivity index (χ0v) is 22.3. The summed E-state index contributed by atoms with van der Waals surface area (Å²) in [5.74, 6) is -0.452. The van der Waals surface area contributed by atoms with Gasteiger partial charge in [-0.05, 0) is 42.6 Å². The Morgan fingerprint density at radius 1 is 0.889 bits per heavy atom. The summed E-state index contributed by atoms with van der Waals surface area (Å²) in [6.45, 7) is 9.37. The Bertz CT molecular complexity index is 1220. The molecule has 0 bridgehead atoms. The normalized spacial score (nSPS) is 11.6. The van der Waals surface area contributed by atoms with Gasteiger partial charge >= 0.3 is 5.97 Å². The highest BCUT2D eigenvalue weighted by molar-refractivity contribution is 7.80. The highest BCUT2D eigenvalue weighted by Crippen LogP contribution is 2.35. The molecule has 0 amide bonds. The monoisotopic (exact) mass is 501 g/mol. The molecular formula is C29H32N3O3P. The predicted molar refractivity (Wildman–Crippen MR) is 147 cm³/mol. The number of benzene rings is 3. The van der Waals surface area contributed by atoms with Gasteiger partial charge in [0.1, 0.15) is 0 Å². The molecule has 0 fully saturated rings. The first-order valence-electron chi connectivity index (χ1n) is 11.9. The summed E-state index contributed by atoms with van der Waals surface area (Å²) >= 11 is 0. The van der Waals surface area contributed by atoms with Gasteiger partial charge in [-0.2, -0.15) is 0 Å². The van der Waals surface area contributed by atoms with Crippen molar-refractivity contribution in [3.63, 3.8) is 0 Å². The molecule has 186 valence electrons. The van der Waals surface area contributed by atoms with Gasteiger partial charge in [0, 0.05) is 26.7 Å². The smallest absolute Gasteiger partial charge is 0.338 e. The van der Waals surface area contributed by atoms with Crippen LogP contribution in [0, 0.1) is 5.41 Å². The molecule has 3 aromatic carbocycles. The van der Waals surface area contributed by atoms with E-state index in [1.165, 1.54) is 0 Å². The van der Waals surface area contributed by atoms with E-state index in [-0.39, 0.29) is 12.4 Å². The minimum Gasteiger partial charge on any atom is -0.462 e. The fraction of sp³-hybridized carbons (Fsp3) is 0.310. The minimum atomic E-state index is -1.14. The molecule has 0 radical (unpaired) electrons. The van der Waals surface area contributed by atoms with Crippen LogP contribution in [-0.4, -0.2) is 23.9 Å². The van der Waals surface area contributed by atoms with Gasteiger partial charge in [-0.3, -0.25) is 4.79 Å². The Kier molecular flexibility index (Phi) is 8.68. The zero-order chi connectivity index (χ0) is 26.3. The molecule has 6 nitrogen and oxygen atoms in total. The Hall–Kier alpha value is -3.46. The van der Waals surface area contributed by atoms with E-state index in [0.29, 0.717) is 17.5 Å². The first-order chi connectivity index (χ1) is 17.0. The lowest BCUT2D eigenvalue weighted by Crippen LogP contribution is -2.29. The summed E-state index contributed by atoms with van der Waals surface area (Å²) < 4.78 is 5.64. The second kappa shape index (κ2) is 11.5. The first kappa shape index (κ1) is 27.1. The maximum Gasteiger partial charge on any atom is 0.338 e. The van der Waals surface area contributed by atoms with Crippen molar-refractivity contribution in [2.24, 2.45) is 10.5 Å². The van der Waals surface area contributed by atoms with E-state index in [1.807, 2.05) is 63.2 Å². The summed E-state index contributed by atoms with van der Waals surface area (Å²) in [6, 6.07) is 25.3. The maximum atomic E-state index is 13.4. The summed E-state index contributed by atoms with van der Waals surface area (Å²) in [7, 11) is -1.14. The van der Waals surface area contributed by atoms with Gasteiger partial charge in [-0.25, -0.2) is 4.79 Å². The summed E-state index contributed by atoms with van der Waals surface area (Å²) in [5, 5.41) is 6.67. The zero-order valence-electron chi connectivity index (χ0n) is 21.4. The SMILES string of the molecule is CC(C)(CCOC(=O)c1ccc(C(=O)C(C)(C)C)cc1P(c1ccccc1)c1ccccc1)N=[N+]=[N-]. The standard InChI is InChI=1S/C29H32N3O3P/c1-28(2,3)26(33)21-16-17-24(27(34)35-19-18-29(4,5)31-32-30)25(20-21)36(22-12-8-6-9-13-22)23-14-10-7-11-15-23/h6-17,20H,18-19H2,1-5H3. The van der Waals surface area contributed by atoms with Crippen LogP contribution in [-0.2, 0) is 4.74 Å². The van der Waals surface area contributed by atoms with Crippen molar-refractivity contribution >= 4 is 35.6 Å². The van der Waals surface area contributed by atoms with Gasteiger partial charge in [0.15, 0.2) is 5.78 Å². The molecule has 7 heteroatoms.